The molecule has 1 aliphatic carbocycles. The second-order valence-corrected chi connectivity index (χ2v) is 12.6. The number of carbonyl (C=O) groups is 1. The van der Waals surface area contributed by atoms with E-state index < -0.39 is 38.3 Å². The van der Waals surface area contributed by atoms with Crippen LogP contribution in [0, 0.1) is 17.5 Å². The highest BCUT2D eigenvalue weighted by atomic mass is 32.2. The van der Waals surface area contributed by atoms with E-state index in [-0.39, 0.29) is 29.0 Å². The molecule has 13 heteroatoms. The predicted octanol–water partition coefficient (Wildman–Crippen LogP) is 6.45. The Kier molecular flexibility index (Phi) is 8.26. The van der Waals surface area contributed by atoms with Crippen LogP contribution in [0.25, 0.3) is 33.2 Å². The van der Waals surface area contributed by atoms with E-state index in [9.17, 15) is 22.0 Å². The van der Waals surface area contributed by atoms with Crippen molar-refractivity contribution in [2.45, 2.75) is 36.6 Å². The van der Waals surface area contributed by atoms with Crippen LogP contribution in [0.2, 0.25) is 0 Å². The van der Waals surface area contributed by atoms with E-state index >= 15 is 4.39 Å². The number of benzene rings is 3. The van der Waals surface area contributed by atoms with Gasteiger partial charge in [0, 0.05) is 34.8 Å². The van der Waals surface area contributed by atoms with Crippen molar-refractivity contribution in [1.29, 1.82) is 0 Å². The number of amides is 1. The quantitative estimate of drug-likeness (QED) is 0.176. The SMILES string of the molecule is COc1ncc(-c2ccc3nc(N)c(-c4ccc(C(=O)NC5CCCC5)c(F)c4)cc3c2)cc1NS(=O)(=O)c1ccc(F)cc1F. The van der Waals surface area contributed by atoms with E-state index in [1.54, 1.807) is 30.3 Å². The summed E-state index contributed by atoms with van der Waals surface area (Å²) in [4.78, 5) is 20.6. The topological polar surface area (TPSA) is 136 Å². The number of sulfonamides is 1. The van der Waals surface area contributed by atoms with Gasteiger partial charge in [-0.1, -0.05) is 25.0 Å². The summed E-state index contributed by atoms with van der Waals surface area (Å²) >= 11 is 0. The molecule has 9 nitrogen and oxygen atoms in total. The summed E-state index contributed by atoms with van der Waals surface area (Å²) in [5.74, 6) is -3.22. The van der Waals surface area contributed by atoms with Crippen molar-refractivity contribution in [2.24, 2.45) is 0 Å². The van der Waals surface area contributed by atoms with Crippen molar-refractivity contribution in [3.05, 3.63) is 95.9 Å². The molecule has 236 valence electrons. The van der Waals surface area contributed by atoms with Gasteiger partial charge in [0.25, 0.3) is 15.9 Å². The molecule has 0 spiro atoms. The normalized spacial score (nSPS) is 13.6. The first-order chi connectivity index (χ1) is 22.0. The first kappa shape index (κ1) is 30.8. The Bertz CT molecular complexity index is 2100. The van der Waals surface area contributed by atoms with Gasteiger partial charge in [-0.25, -0.2) is 31.6 Å². The number of nitrogens with one attached hydrogen (secondary N) is 2. The molecule has 1 aliphatic rings. The smallest absolute Gasteiger partial charge is 0.264 e. The van der Waals surface area contributed by atoms with Gasteiger partial charge < -0.3 is 15.8 Å². The summed E-state index contributed by atoms with van der Waals surface area (Å²) in [5.41, 5.74) is 8.64. The molecule has 4 N–H and O–H groups in total. The zero-order chi connectivity index (χ0) is 32.6. The second kappa shape index (κ2) is 12.3. The molecule has 0 unspecified atom stereocenters. The number of halogens is 3. The van der Waals surface area contributed by atoms with Gasteiger partial charge in [-0.05, 0) is 72.5 Å². The maximum atomic E-state index is 15.1. The van der Waals surface area contributed by atoms with Crippen LogP contribution in [0.4, 0.5) is 24.7 Å². The van der Waals surface area contributed by atoms with Gasteiger partial charge in [0.2, 0.25) is 5.88 Å². The minimum Gasteiger partial charge on any atom is -0.480 e. The van der Waals surface area contributed by atoms with Crippen LogP contribution in [-0.2, 0) is 10.0 Å². The van der Waals surface area contributed by atoms with E-state index in [2.05, 4.69) is 20.0 Å². The molecule has 0 saturated heterocycles. The highest BCUT2D eigenvalue weighted by Gasteiger charge is 2.23. The first-order valence-corrected chi connectivity index (χ1v) is 15.8. The molecule has 2 heterocycles. The monoisotopic (exact) mass is 647 g/mol. The zero-order valence-electron chi connectivity index (χ0n) is 24.5. The maximum absolute atomic E-state index is 15.1. The standard InChI is InChI=1S/C33H28F3N5O4S/c1-45-33-29(41-46(43,44)30-11-8-22(34)16-27(30)36)15-21(17-38-33)18-7-10-28-20(12-18)13-25(31(37)40-28)19-6-9-24(26(35)14-19)32(42)39-23-4-2-3-5-23/h6-17,23,41H,2-5H2,1H3,(H2,37,40)(H,39,42). The zero-order valence-corrected chi connectivity index (χ0v) is 25.3. The lowest BCUT2D eigenvalue weighted by atomic mass is 9.99. The number of hydrogen-bond donors (Lipinski definition) is 3. The molecular weight excluding hydrogens is 619 g/mol. The van der Waals surface area contributed by atoms with Crippen LogP contribution < -0.4 is 20.5 Å². The van der Waals surface area contributed by atoms with Gasteiger partial charge in [-0.3, -0.25) is 9.52 Å². The number of nitrogens with zero attached hydrogens (tertiary/aromatic N) is 2. The Morgan fingerprint density at radius 2 is 1.67 bits per heavy atom. The van der Waals surface area contributed by atoms with Crippen molar-refractivity contribution in [3.63, 3.8) is 0 Å². The average molecular weight is 648 g/mol. The number of hydrogen-bond acceptors (Lipinski definition) is 7. The fourth-order valence-corrected chi connectivity index (χ4v) is 6.65. The van der Waals surface area contributed by atoms with Gasteiger partial charge in [0.15, 0.2) is 0 Å². The third-order valence-corrected chi connectivity index (χ3v) is 9.26. The summed E-state index contributed by atoms with van der Waals surface area (Å²) in [6, 6.07) is 14.9. The van der Waals surface area contributed by atoms with Crippen molar-refractivity contribution < 1.29 is 31.1 Å². The molecule has 1 amide bonds. The maximum Gasteiger partial charge on any atom is 0.264 e. The van der Waals surface area contributed by atoms with Crippen LogP contribution in [0.1, 0.15) is 36.0 Å². The minimum atomic E-state index is -4.48. The van der Waals surface area contributed by atoms with E-state index in [4.69, 9.17) is 10.5 Å². The van der Waals surface area contributed by atoms with Gasteiger partial charge in [0.05, 0.1) is 18.2 Å². The van der Waals surface area contributed by atoms with Crippen LogP contribution in [0.5, 0.6) is 5.88 Å². The average Bonchev–Trinajstić information content (AvgIpc) is 3.53. The number of methoxy groups -OCH3 is 1. The highest BCUT2D eigenvalue weighted by molar-refractivity contribution is 7.92. The van der Waals surface area contributed by atoms with Gasteiger partial charge in [-0.15, -0.1) is 0 Å². The van der Waals surface area contributed by atoms with Gasteiger partial charge in [0.1, 0.15) is 33.9 Å². The van der Waals surface area contributed by atoms with E-state index in [0.717, 1.165) is 37.8 Å². The molecule has 0 aliphatic heterocycles. The van der Waals surface area contributed by atoms with Gasteiger partial charge in [-0.2, -0.15) is 0 Å². The molecule has 0 atom stereocenters. The van der Waals surface area contributed by atoms with Crippen molar-refractivity contribution >= 4 is 38.3 Å². The Balaban J connectivity index is 1.32. The minimum absolute atomic E-state index is 0.0501. The first-order valence-electron chi connectivity index (χ1n) is 14.4. The Morgan fingerprint density at radius 1 is 0.913 bits per heavy atom. The van der Waals surface area contributed by atoms with E-state index in [0.29, 0.717) is 39.2 Å². The lowest BCUT2D eigenvalue weighted by molar-refractivity contribution is 0.0934. The molecule has 5 aromatic rings. The Hall–Kier alpha value is -5.17. The summed E-state index contributed by atoms with van der Waals surface area (Å²) in [6.45, 7) is 0. The second-order valence-electron chi connectivity index (χ2n) is 10.9. The third kappa shape index (κ3) is 6.18. The fraction of sp³-hybridized carbons (Fsp3) is 0.182. The van der Waals surface area contributed by atoms with Crippen LogP contribution in [-0.4, -0.2) is 37.4 Å². The highest BCUT2D eigenvalue weighted by Crippen LogP contribution is 2.34. The Morgan fingerprint density at radius 3 is 2.39 bits per heavy atom. The number of nitrogens with two attached hydrogens (primary N) is 1. The third-order valence-electron chi connectivity index (χ3n) is 7.86. The molecular formula is C33H28F3N5O4S. The number of ether oxygens (including phenoxy) is 1. The fourth-order valence-electron chi connectivity index (χ4n) is 5.54. The molecule has 46 heavy (non-hydrogen) atoms. The van der Waals surface area contributed by atoms with Crippen molar-refractivity contribution in [2.75, 3.05) is 17.6 Å². The lowest BCUT2D eigenvalue weighted by Gasteiger charge is -2.14. The molecule has 3 aromatic carbocycles. The molecule has 1 saturated carbocycles. The summed E-state index contributed by atoms with van der Waals surface area (Å²) < 4.78 is 76.2. The van der Waals surface area contributed by atoms with Crippen LogP contribution in [0.15, 0.2) is 77.8 Å². The number of pyridine rings is 2. The number of aromatic nitrogens is 2. The molecule has 6 rings (SSSR count). The summed E-state index contributed by atoms with van der Waals surface area (Å²) in [6.07, 6.45) is 5.30. The van der Waals surface area contributed by atoms with E-state index in [1.807, 2.05) is 0 Å². The summed E-state index contributed by atoms with van der Waals surface area (Å²) in [7, 11) is -3.18. The van der Waals surface area contributed by atoms with Crippen LogP contribution in [0.3, 0.4) is 0 Å². The van der Waals surface area contributed by atoms with Crippen molar-refractivity contribution in [3.8, 4) is 28.1 Å². The van der Waals surface area contributed by atoms with Crippen molar-refractivity contribution in [1.82, 2.24) is 15.3 Å². The molecule has 0 radical (unpaired) electrons. The van der Waals surface area contributed by atoms with E-state index in [1.165, 1.54) is 31.5 Å². The number of nitrogen functional groups attached to an aromatic ring is 1. The Labute approximate surface area is 262 Å². The van der Waals surface area contributed by atoms with Gasteiger partial charge >= 0.3 is 0 Å². The predicted molar refractivity (Wildman–Crippen MR) is 168 cm³/mol. The lowest BCUT2D eigenvalue weighted by Crippen LogP contribution is -2.33. The number of fused-ring (bicyclic) bond motifs is 1. The molecule has 1 fully saturated rings. The number of anilines is 2. The largest absolute Gasteiger partial charge is 0.480 e. The number of rotatable bonds is 8. The molecule has 2 aromatic heterocycles. The number of carbonyl (C=O) groups excluding carboxylic acids is 1. The summed E-state index contributed by atoms with van der Waals surface area (Å²) in [5, 5.41) is 3.53. The molecule has 0 bridgehead atoms. The van der Waals surface area contributed by atoms with Crippen LogP contribution >= 0.6 is 0 Å².